The number of hydrogen-bond acceptors (Lipinski definition) is 4. The van der Waals surface area contributed by atoms with E-state index in [1.54, 1.807) is 18.2 Å². The minimum atomic E-state index is -3.41. The van der Waals surface area contributed by atoms with E-state index in [9.17, 15) is 13.2 Å². The lowest BCUT2D eigenvalue weighted by atomic mass is 10.2. The van der Waals surface area contributed by atoms with Gasteiger partial charge in [-0.2, -0.15) is 0 Å². The van der Waals surface area contributed by atoms with Crippen molar-refractivity contribution in [1.82, 2.24) is 5.48 Å². The van der Waals surface area contributed by atoms with Crippen molar-refractivity contribution in [3.05, 3.63) is 30.3 Å². The summed E-state index contributed by atoms with van der Waals surface area (Å²) in [6.07, 6.45) is -0.116. The fraction of sp³-hybridized carbons (Fsp3) is 0.462. The summed E-state index contributed by atoms with van der Waals surface area (Å²) in [7, 11) is -3.41. The Balaban J connectivity index is 2.42. The van der Waals surface area contributed by atoms with E-state index in [1.165, 1.54) is 12.1 Å². The third-order valence-electron chi connectivity index (χ3n) is 2.30. The molecule has 0 atom stereocenters. The van der Waals surface area contributed by atoms with E-state index in [2.05, 4.69) is 5.48 Å². The molecule has 106 valence electrons. The molecule has 1 aromatic rings. The zero-order valence-electron chi connectivity index (χ0n) is 11.1. The highest BCUT2D eigenvalue weighted by molar-refractivity contribution is 7.91. The minimum Gasteiger partial charge on any atom is -0.273 e. The Labute approximate surface area is 113 Å². The van der Waals surface area contributed by atoms with Gasteiger partial charge in [-0.1, -0.05) is 32.0 Å². The fourth-order valence-corrected chi connectivity index (χ4v) is 2.57. The monoisotopic (exact) mass is 285 g/mol. The minimum absolute atomic E-state index is 0.116. The lowest BCUT2D eigenvalue weighted by Gasteiger charge is -2.08. The molecule has 0 aliphatic rings. The van der Waals surface area contributed by atoms with Gasteiger partial charge >= 0.3 is 0 Å². The first-order chi connectivity index (χ1) is 8.92. The standard InChI is InChI=1S/C13H19NO4S/c1-11(2)10-18-14-13(15)8-9-19(16,17)12-6-4-3-5-7-12/h3-7,11H,8-10H2,1-2H3,(H,14,15). The molecule has 0 unspecified atom stereocenters. The second kappa shape index (κ2) is 7.25. The molecule has 0 fully saturated rings. The maximum Gasteiger partial charge on any atom is 0.244 e. The summed E-state index contributed by atoms with van der Waals surface area (Å²) >= 11 is 0. The van der Waals surface area contributed by atoms with Gasteiger partial charge in [0.25, 0.3) is 0 Å². The van der Waals surface area contributed by atoms with Gasteiger partial charge in [-0.25, -0.2) is 13.9 Å². The maximum atomic E-state index is 11.9. The summed E-state index contributed by atoms with van der Waals surface area (Å²) in [6, 6.07) is 8.08. The topological polar surface area (TPSA) is 72.5 Å². The number of hydroxylamine groups is 1. The average Bonchev–Trinajstić information content (AvgIpc) is 2.37. The Kier molecular flexibility index (Phi) is 5.98. The van der Waals surface area contributed by atoms with Crippen molar-refractivity contribution in [2.75, 3.05) is 12.4 Å². The smallest absolute Gasteiger partial charge is 0.244 e. The summed E-state index contributed by atoms with van der Waals surface area (Å²) in [5, 5.41) is 0. The van der Waals surface area contributed by atoms with E-state index in [-0.39, 0.29) is 17.1 Å². The number of amides is 1. The van der Waals surface area contributed by atoms with Crippen LogP contribution in [0.25, 0.3) is 0 Å². The van der Waals surface area contributed by atoms with Crippen LogP contribution in [0.5, 0.6) is 0 Å². The van der Waals surface area contributed by atoms with E-state index in [1.807, 2.05) is 13.8 Å². The molecule has 1 rings (SSSR count). The predicted molar refractivity (Wildman–Crippen MR) is 72.0 cm³/mol. The predicted octanol–water partition coefficient (Wildman–Crippen LogP) is 1.55. The molecule has 0 heterocycles. The molecule has 5 nitrogen and oxygen atoms in total. The van der Waals surface area contributed by atoms with Crippen LogP contribution < -0.4 is 5.48 Å². The van der Waals surface area contributed by atoms with Crippen LogP contribution in [0, 0.1) is 5.92 Å². The molecule has 1 N–H and O–H groups in total. The van der Waals surface area contributed by atoms with Crippen molar-refractivity contribution in [1.29, 1.82) is 0 Å². The molecule has 0 aromatic heterocycles. The summed E-state index contributed by atoms with van der Waals surface area (Å²) in [4.78, 5) is 16.6. The van der Waals surface area contributed by atoms with E-state index in [0.717, 1.165) is 0 Å². The van der Waals surface area contributed by atoms with E-state index in [0.29, 0.717) is 12.5 Å². The fourth-order valence-electron chi connectivity index (χ4n) is 1.31. The van der Waals surface area contributed by atoms with Crippen LogP contribution in [0.2, 0.25) is 0 Å². The van der Waals surface area contributed by atoms with E-state index in [4.69, 9.17) is 4.84 Å². The number of benzene rings is 1. The number of carbonyl (C=O) groups is 1. The van der Waals surface area contributed by atoms with Crippen LogP contribution in [-0.2, 0) is 19.5 Å². The lowest BCUT2D eigenvalue weighted by Crippen LogP contribution is -2.27. The summed E-state index contributed by atoms with van der Waals surface area (Å²) in [6.45, 7) is 4.30. The number of rotatable bonds is 7. The van der Waals surface area contributed by atoms with Crippen molar-refractivity contribution < 1.29 is 18.0 Å². The van der Waals surface area contributed by atoms with Crippen molar-refractivity contribution in [3.63, 3.8) is 0 Å². The van der Waals surface area contributed by atoms with Gasteiger partial charge in [0.2, 0.25) is 5.91 Å². The zero-order chi connectivity index (χ0) is 14.3. The van der Waals surface area contributed by atoms with E-state index < -0.39 is 15.7 Å². The first-order valence-corrected chi connectivity index (χ1v) is 7.75. The molecule has 1 aromatic carbocycles. The SMILES string of the molecule is CC(C)CONC(=O)CCS(=O)(=O)c1ccccc1. The summed E-state index contributed by atoms with van der Waals surface area (Å²) < 4.78 is 23.8. The summed E-state index contributed by atoms with van der Waals surface area (Å²) in [5.74, 6) is -0.359. The molecular weight excluding hydrogens is 266 g/mol. The van der Waals surface area contributed by atoms with Gasteiger partial charge in [0, 0.05) is 6.42 Å². The van der Waals surface area contributed by atoms with Crippen LogP contribution in [0.3, 0.4) is 0 Å². The van der Waals surface area contributed by atoms with Gasteiger partial charge in [-0.15, -0.1) is 0 Å². The number of sulfone groups is 1. The Morgan fingerprint density at radius 2 is 1.89 bits per heavy atom. The number of nitrogens with one attached hydrogen (secondary N) is 1. The van der Waals surface area contributed by atoms with Crippen LogP contribution in [0.4, 0.5) is 0 Å². The zero-order valence-corrected chi connectivity index (χ0v) is 11.9. The van der Waals surface area contributed by atoms with Crippen molar-refractivity contribution in [2.45, 2.75) is 25.2 Å². The van der Waals surface area contributed by atoms with Gasteiger partial charge < -0.3 is 0 Å². The van der Waals surface area contributed by atoms with E-state index >= 15 is 0 Å². The molecular formula is C13H19NO4S. The highest BCUT2D eigenvalue weighted by atomic mass is 32.2. The summed E-state index contributed by atoms with van der Waals surface area (Å²) in [5.41, 5.74) is 2.23. The van der Waals surface area contributed by atoms with Crippen molar-refractivity contribution in [3.8, 4) is 0 Å². The molecule has 0 radical (unpaired) electrons. The van der Waals surface area contributed by atoms with Gasteiger partial charge in [0.15, 0.2) is 9.84 Å². The third-order valence-corrected chi connectivity index (χ3v) is 4.03. The van der Waals surface area contributed by atoms with Gasteiger partial charge in [0.1, 0.15) is 0 Å². The Morgan fingerprint density at radius 3 is 2.47 bits per heavy atom. The van der Waals surface area contributed by atoms with Crippen molar-refractivity contribution in [2.24, 2.45) is 5.92 Å². The Hall–Kier alpha value is -1.40. The normalized spacial score (nSPS) is 11.5. The number of carbonyl (C=O) groups excluding carboxylic acids is 1. The van der Waals surface area contributed by atoms with Gasteiger partial charge in [0.05, 0.1) is 17.3 Å². The maximum absolute atomic E-state index is 11.9. The number of hydrogen-bond donors (Lipinski definition) is 1. The largest absolute Gasteiger partial charge is 0.273 e. The molecule has 0 saturated carbocycles. The highest BCUT2D eigenvalue weighted by Gasteiger charge is 2.16. The van der Waals surface area contributed by atoms with Gasteiger partial charge in [-0.05, 0) is 18.1 Å². The molecule has 0 bridgehead atoms. The first-order valence-electron chi connectivity index (χ1n) is 6.10. The van der Waals surface area contributed by atoms with Crippen LogP contribution >= 0.6 is 0 Å². The Morgan fingerprint density at radius 1 is 1.26 bits per heavy atom. The van der Waals surface area contributed by atoms with Gasteiger partial charge in [-0.3, -0.25) is 9.63 Å². The molecule has 0 saturated heterocycles. The molecule has 19 heavy (non-hydrogen) atoms. The van der Waals surface area contributed by atoms with Crippen LogP contribution in [0.1, 0.15) is 20.3 Å². The van der Waals surface area contributed by atoms with Crippen LogP contribution in [-0.4, -0.2) is 26.7 Å². The molecule has 0 aliphatic heterocycles. The molecule has 0 aliphatic carbocycles. The third kappa shape index (κ3) is 5.85. The average molecular weight is 285 g/mol. The Bertz CT molecular complexity index is 497. The lowest BCUT2D eigenvalue weighted by molar-refractivity contribution is -0.133. The first kappa shape index (κ1) is 15.7. The quantitative estimate of drug-likeness (QED) is 0.772. The second-order valence-corrected chi connectivity index (χ2v) is 6.72. The second-order valence-electron chi connectivity index (χ2n) is 4.61. The highest BCUT2D eigenvalue weighted by Crippen LogP contribution is 2.10. The molecule has 6 heteroatoms. The molecule has 0 spiro atoms. The van der Waals surface area contributed by atoms with Crippen molar-refractivity contribution >= 4 is 15.7 Å². The molecule has 1 amide bonds. The van der Waals surface area contributed by atoms with Crippen LogP contribution in [0.15, 0.2) is 35.2 Å².